The molecule has 6 heteroatoms. The summed E-state index contributed by atoms with van der Waals surface area (Å²) in [5.74, 6) is 0.464. The van der Waals surface area contributed by atoms with E-state index in [4.69, 9.17) is 0 Å². The van der Waals surface area contributed by atoms with Crippen molar-refractivity contribution in [1.82, 2.24) is 10.2 Å². The highest BCUT2D eigenvalue weighted by Crippen LogP contribution is 2.20. The number of benzene rings is 1. The monoisotopic (exact) mass is 337 g/mol. The van der Waals surface area contributed by atoms with Crippen molar-refractivity contribution in [2.24, 2.45) is 0 Å². The third-order valence-corrected chi connectivity index (χ3v) is 3.94. The van der Waals surface area contributed by atoms with Crippen molar-refractivity contribution in [1.29, 1.82) is 5.26 Å². The van der Waals surface area contributed by atoms with Crippen molar-refractivity contribution in [3.8, 4) is 6.07 Å². The zero-order chi connectivity index (χ0) is 18.2. The average molecular weight is 337 g/mol. The fraction of sp³-hybridized carbons (Fsp3) is 0.368. The number of rotatable bonds is 7. The number of aryl methyl sites for hydroxylation is 1. The van der Waals surface area contributed by atoms with Crippen LogP contribution in [-0.2, 0) is 24.1 Å². The van der Waals surface area contributed by atoms with Gasteiger partial charge >= 0.3 is 0 Å². The topological polar surface area (TPSA) is 90.7 Å². The Labute approximate surface area is 148 Å². The van der Waals surface area contributed by atoms with Crippen molar-refractivity contribution in [2.45, 2.75) is 40.0 Å². The molecule has 6 nitrogen and oxygen atoms in total. The second-order valence-electron chi connectivity index (χ2n) is 5.72. The summed E-state index contributed by atoms with van der Waals surface area (Å²) in [6.07, 6.45) is 2.32. The third kappa shape index (κ3) is 4.77. The Balaban J connectivity index is 2.02. The van der Waals surface area contributed by atoms with Crippen LogP contribution in [0.25, 0.3) is 0 Å². The standard InChI is InChI=1S/C19H23N5O/c1-4-16-17(12-20)19(24-23-18(16)5-2)21-11-10-14-6-8-15(9-7-14)22-13(3)25/h6-9H,4-5,10-11H2,1-3H3,(H,21,24)(H,22,25). The van der Waals surface area contributed by atoms with Crippen molar-refractivity contribution in [3.05, 3.63) is 46.6 Å². The summed E-state index contributed by atoms with van der Waals surface area (Å²) in [7, 11) is 0. The van der Waals surface area contributed by atoms with Crippen LogP contribution >= 0.6 is 0 Å². The molecule has 0 unspecified atom stereocenters. The number of hydrogen-bond acceptors (Lipinski definition) is 5. The van der Waals surface area contributed by atoms with Gasteiger partial charge < -0.3 is 10.6 Å². The summed E-state index contributed by atoms with van der Waals surface area (Å²) in [6, 6.07) is 9.96. The van der Waals surface area contributed by atoms with Crippen LogP contribution in [0.5, 0.6) is 0 Å². The first-order valence-electron chi connectivity index (χ1n) is 8.47. The predicted octanol–water partition coefficient (Wildman–Crippen LogP) is 3.09. The first-order chi connectivity index (χ1) is 12.1. The van der Waals surface area contributed by atoms with Crippen LogP contribution in [0.15, 0.2) is 24.3 Å². The molecule has 0 bridgehead atoms. The van der Waals surface area contributed by atoms with Gasteiger partial charge in [0.1, 0.15) is 11.6 Å². The molecule has 0 atom stereocenters. The van der Waals surface area contributed by atoms with Gasteiger partial charge in [-0.15, -0.1) is 5.10 Å². The Kier molecular flexibility index (Phi) is 6.47. The summed E-state index contributed by atoms with van der Waals surface area (Å²) >= 11 is 0. The lowest BCUT2D eigenvalue weighted by molar-refractivity contribution is -0.114. The molecule has 0 aliphatic heterocycles. The van der Waals surface area contributed by atoms with Crippen LogP contribution in [0.2, 0.25) is 0 Å². The van der Waals surface area contributed by atoms with Crippen LogP contribution in [0.1, 0.15) is 43.2 Å². The molecule has 25 heavy (non-hydrogen) atoms. The predicted molar refractivity (Wildman–Crippen MR) is 98.4 cm³/mol. The highest BCUT2D eigenvalue weighted by atomic mass is 16.1. The average Bonchev–Trinajstić information content (AvgIpc) is 2.62. The van der Waals surface area contributed by atoms with E-state index >= 15 is 0 Å². The van der Waals surface area contributed by atoms with E-state index in [2.05, 4.69) is 26.9 Å². The molecule has 0 aliphatic carbocycles. The zero-order valence-corrected chi connectivity index (χ0v) is 14.9. The molecule has 0 aliphatic rings. The summed E-state index contributed by atoms with van der Waals surface area (Å²) in [5, 5.41) is 23.9. The molecule has 1 aromatic heterocycles. The van der Waals surface area contributed by atoms with Crippen LogP contribution in [0.4, 0.5) is 11.5 Å². The maximum Gasteiger partial charge on any atom is 0.221 e. The van der Waals surface area contributed by atoms with Gasteiger partial charge in [0, 0.05) is 19.2 Å². The van der Waals surface area contributed by atoms with Crippen molar-refractivity contribution >= 4 is 17.4 Å². The fourth-order valence-corrected chi connectivity index (χ4v) is 2.70. The lowest BCUT2D eigenvalue weighted by atomic mass is 10.0. The van der Waals surface area contributed by atoms with E-state index in [1.807, 2.05) is 38.1 Å². The minimum atomic E-state index is -0.0840. The van der Waals surface area contributed by atoms with E-state index in [0.29, 0.717) is 17.9 Å². The summed E-state index contributed by atoms with van der Waals surface area (Å²) in [5.41, 5.74) is 4.37. The molecule has 0 radical (unpaired) electrons. The Morgan fingerprint density at radius 3 is 2.44 bits per heavy atom. The lowest BCUT2D eigenvalue weighted by Crippen LogP contribution is -2.12. The number of hydrogen-bond donors (Lipinski definition) is 2. The number of nitrogens with one attached hydrogen (secondary N) is 2. The van der Waals surface area contributed by atoms with Crippen molar-refractivity contribution in [3.63, 3.8) is 0 Å². The van der Waals surface area contributed by atoms with Crippen LogP contribution < -0.4 is 10.6 Å². The number of anilines is 2. The van der Waals surface area contributed by atoms with E-state index < -0.39 is 0 Å². The Hall–Kier alpha value is -2.94. The quantitative estimate of drug-likeness (QED) is 0.810. The lowest BCUT2D eigenvalue weighted by Gasteiger charge is -2.12. The Morgan fingerprint density at radius 2 is 1.88 bits per heavy atom. The zero-order valence-electron chi connectivity index (χ0n) is 14.9. The van der Waals surface area contributed by atoms with Gasteiger partial charge in [-0.05, 0) is 42.5 Å². The summed E-state index contributed by atoms with van der Waals surface area (Å²) < 4.78 is 0. The Morgan fingerprint density at radius 1 is 1.16 bits per heavy atom. The minimum absolute atomic E-state index is 0.0840. The van der Waals surface area contributed by atoms with E-state index in [1.54, 1.807) is 0 Å². The third-order valence-electron chi connectivity index (χ3n) is 3.94. The first-order valence-corrected chi connectivity index (χ1v) is 8.47. The minimum Gasteiger partial charge on any atom is -0.367 e. The molecule has 0 spiro atoms. The van der Waals surface area contributed by atoms with Gasteiger partial charge in [0.2, 0.25) is 5.91 Å². The molecule has 130 valence electrons. The van der Waals surface area contributed by atoms with Crippen molar-refractivity contribution in [2.75, 3.05) is 17.2 Å². The van der Waals surface area contributed by atoms with Gasteiger partial charge in [0.15, 0.2) is 5.82 Å². The highest BCUT2D eigenvalue weighted by Gasteiger charge is 2.13. The largest absolute Gasteiger partial charge is 0.367 e. The number of amides is 1. The summed E-state index contributed by atoms with van der Waals surface area (Å²) in [6.45, 7) is 6.18. The second kappa shape index (κ2) is 8.78. The maximum absolute atomic E-state index is 11.0. The highest BCUT2D eigenvalue weighted by molar-refractivity contribution is 5.88. The van der Waals surface area contributed by atoms with E-state index in [9.17, 15) is 10.1 Å². The van der Waals surface area contributed by atoms with Gasteiger partial charge in [-0.3, -0.25) is 4.79 Å². The molecule has 0 saturated heterocycles. The van der Waals surface area contributed by atoms with E-state index in [-0.39, 0.29) is 5.91 Å². The molecule has 1 amide bonds. The van der Waals surface area contributed by atoms with Crippen LogP contribution in [-0.4, -0.2) is 22.6 Å². The van der Waals surface area contributed by atoms with Gasteiger partial charge in [0.25, 0.3) is 0 Å². The van der Waals surface area contributed by atoms with E-state index in [1.165, 1.54) is 6.92 Å². The SMILES string of the molecule is CCc1nnc(NCCc2ccc(NC(C)=O)cc2)c(C#N)c1CC. The molecule has 2 aromatic rings. The van der Waals surface area contributed by atoms with Gasteiger partial charge in [-0.2, -0.15) is 10.4 Å². The number of nitriles is 1. The van der Waals surface area contributed by atoms with Crippen LogP contribution in [0, 0.1) is 11.3 Å². The molecule has 0 fully saturated rings. The number of carbonyl (C=O) groups is 1. The molecular formula is C19H23N5O. The van der Waals surface area contributed by atoms with Gasteiger partial charge in [-0.1, -0.05) is 26.0 Å². The first kappa shape index (κ1) is 18.4. The molecule has 1 aromatic carbocycles. The van der Waals surface area contributed by atoms with Gasteiger partial charge in [-0.25, -0.2) is 0 Å². The smallest absolute Gasteiger partial charge is 0.221 e. The maximum atomic E-state index is 11.0. The van der Waals surface area contributed by atoms with E-state index in [0.717, 1.165) is 41.8 Å². The molecule has 2 rings (SSSR count). The van der Waals surface area contributed by atoms with Crippen LogP contribution in [0.3, 0.4) is 0 Å². The molecular weight excluding hydrogens is 314 g/mol. The fourth-order valence-electron chi connectivity index (χ4n) is 2.70. The number of carbonyl (C=O) groups excluding carboxylic acids is 1. The molecule has 0 saturated carbocycles. The number of nitrogens with zero attached hydrogens (tertiary/aromatic N) is 3. The molecule has 1 heterocycles. The normalized spacial score (nSPS) is 10.2. The molecule has 2 N–H and O–H groups in total. The Bertz CT molecular complexity index is 778. The number of aromatic nitrogens is 2. The van der Waals surface area contributed by atoms with Crippen molar-refractivity contribution < 1.29 is 4.79 Å². The van der Waals surface area contributed by atoms with Gasteiger partial charge in [0.05, 0.1) is 5.69 Å². The summed E-state index contributed by atoms with van der Waals surface area (Å²) in [4.78, 5) is 11.0. The second-order valence-corrected chi connectivity index (χ2v) is 5.72.